The molecule has 3 N–H and O–H groups in total. The first-order valence-electron chi connectivity index (χ1n) is 22.4. The molecular formula is C49H55N5O13S. The number of carbonyl (C=O) groups excluding carboxylic acids is 1. The molecule has 7 rings (SSSR count). The van der Waals surface area contributed by atoms with E-state index in [4.69, 9.17) is 24.2 Å². The lowest BCUT2D eigenvalue weighted by atomic mass is 9.55. The van der Waals surface area contributed by atoms with E-state index < -0.39 is 43.5 Å². The van der Waals surface area contributed by atoms with Gasteiger partial charge in [0.15, 0.2) is 0 Å². The molecule has 360 valence electrons. The maximum atomic E-state index is 14.9. The number of nitro groups is 2. The third-order valence-electron chi connectivity index (χ3n) is 12.8. The van der Waals surface area contributed by atoms with Crippen molar-refractivity contribution in [3.63, 3.8) is 0 Å². The summed E-state index contributed by atoms with van der Waals surface area (Å²) in [5.41, 5.74) is 2.61. The predicted octanol–water partition coefficient (Wildman–Crippen LogP) is 8.41. The number of benzene rings is 4. The highest BCUT2D eigenvalue weighted by Crippen LogP contribution is 2.62. The lowest BCUT2D eigenvalue weighted by Crippen LogP contribution is -2.69. The van der Waals surface area contributed by atoms with E-state index in [-0.39, 0.29) is 72.6 Å². The maximum absolute atomic E-state index is 14.9. The predicted molar refractivity (Wildman–Crippen MR) is 252 cm³/mol. The number of anilines is 1. The minimum absolute atomic E-state index is 0.000302. The Balaban J connectivity index is 1.42. The van der Waals surface area contributed by atoms with Gasteiger partial charge < -0.3 is 34.6 Å². The SMILES string of the molecule is C=CCO[C@@]12Oc3ccc(Oc4cccc([N+](=O)[O-])c4)cc3[C@H]3[C@H](CCCCO)[C@@H](CCCCO)C=C(C(=NOCc4ccc([N+](=O)[O-])cc4)C[C@@H]1N(C)S(=O)(=O)c1ccc(NC(C)=O)cc1)[C@H]32. The summed E-state index contributed by atoms with van der Waals surface area (Å²) in [6.07, 6.45) is 7.36. The van der Waals surface area contributed by atoms with Crippen molar-refractivity contribution in [1.82, 2.24) is 4.31 Å². The number of aliphatic hydroxyl groups is 2. The number of unbranched alkanes of at least 4 members (excludes halogenated alkanes) is 2. The molecule has 0 radical (unpaired) electrons. The van der Waals surface area contributed by atoms with Gasteiger partial charge in [0.05, 0.1) is 45.1 Å². The Hall–Kier alpha value is -6.51. The normalized spacial score (nSPS) is 22.3. The first-order chi connectivity index (χ1) is 32.7. The number of aliphatic hydroxyl groups excluding tert-OH is 2. The Morgan fingerprint density at radius 1 is 0.941 bits per heavy atom. The van der Waals surface area contributed by atoms with Crippen molar-refractivity contribution >= 4 is 38.7 Å². The fraction of sp³-hybridized carbons (Fsp3) is 0.388. The number of fused-ring (bicyclic) bond motifs is 2. The van der Waals surface area contributed by atoms with Gasteiger partial charge in [-0.25, -0.2) is 8.42 Å². The molecule has 68 heavy (non-hydrogen) atoms. The Morgan fingerprint density at radius 2 is 1.63 bits per heavy atom. The van der Waals surface area contributed by atoms with Crippen molar-refractivity contribution in [1.29, 1.82) is 0 Å². The Morgan fingerprint density at radius 3 is 2.29 bits per heavy atom. The highest BCUT2D eigenvalue weighted by Gasteiger charge is 2.65. The summed E-state index contributed by atoms with van der Waals surface area (Å²) in [7, 11) is -2.91. The third kappa shape index (κ3) is 10.6. The Bertz CT molecular complexity index is 2660. The van der Waals surface area contributed by atoms with Gasteiger partial charge in [0.1, 0.15) is 23.9 Å². The fourth-order valence-corrected chi connectivity index (χ4v) is 11.1. The molecule has 1 saturated carbocycles. The zero-order chi connectivity index (χ0) is 48.6. The van der Waals surface area contributed by atoms with Crippen molar-refractivity contribution in [2.45, 2.75) is 81.1 Å². The number of likely N-dealkylation sites (N-methyl/N-ethyl adjacent to an activating group) is 1. The highest BCUT2D eigenvalue weighted by atomic mass is 32.2. The fourth-order valence-electron chi connectivity index (χ4n) is 9.71. The van der Waals surface area contributed by atoms with Crippen molar-refractivity contribution < 1.29 is 52.3 Å². The molecule has 0 bridgehead atoms. The number of non-ortho nitro benzene ring substituents is 2. The van der Waals surface area contributed by atoms with Crippen molar-refractivity contribution in [2.24, 2.45) is 22.9 Å². The number of hydrogen-bond donors (Lipinski definition) is 3. The molecule has 1 fully saturated rings. The van der Waals surface area contributed by atoms with Gasteiger partial charge in [0.25, 0.3) is 11.4 Å². The van der Waals surface area contributed by atoms with Crippen molar-refractivity contribution in [2.75, 3.05) is 32.2 Å². The van der Waals surface area contributed by atoms with Crippen molar-refractivity contribution in [3.05, 3.63) is 147 Å². The van der Waals surface area contributed by atoms with Crippen LogP contribution in [0.1, 0.15) is 68.9 Å². The molecular weight excluding hydrogens is 899 g/mol. The number of hydrogen-bond acceptors (Lipinski definition) is 14. The molecule has 1 amide bonds. The van der Waals surface area contributed by atoms with E-state index in [9.17, 15) is 43.7 Å². The third-order valence-corrected chi connectivity index (χ3v) is 14.6. The monoisotopic (exact) mass is 953 g/mol. The largest absolute Gasteiger partial charge is 0.460 e. The van der Waals surface area contributed by atoms with E-state index in [0.717, 1.165) is 0 Å². The number of allylic oxidation sites excluding steroid dienone is 1. The first-order valence-corrected chi connectivity index (χ1v) is 23.9. The molecule has 18 nitrogen and oxygen atoms in total. The Kier molecular flexibility index (Phi) is 15.7. The standard InChI is InChI=1S/C49H55N5O13S/c1-4-26-64-49-46(52(3)68(62,63)40-21-16-35(17-22-40)50-32(2)57)30-44(51-65-31-33-14-18-36(19-15-33)53(58)59)42-27-34(10-5-7-24-55)41(13-6-8-25-56)47(48(42)49)43-29-39(20-23-45(43)67-49)66-38-12-9-11-37(28-38)54(60)61/h4,9,11-12,14-23,27-29,34,41,46-48,55-56H,1,5-8,10,13,24-26,30-31H2,2-3H3,(H,50,57)/t34-,41+,46-,47+,48+,49+/m0/s1. The molecule has 1 aliphatic heterocycles. The van der Waals surface area contributed by atoms with Crippen molar-refractivity contribution in [3.8, 4) is 17.2 Å². The molecule has 2 aliphatic carbocycles. The van der Waals surface area contributed by atoms with Crippen LogP contribution in [-0.4, -0.2) is 83.1 Å². The molecule has 0 aromatic heterocycles. The number of sulfonamides is 1. The summed E-state index contributed by atoms with van der Waals surface area (Å²) in [6.45, 7) is 5.15. The van der Waals surface area contributed by atoms with Crippen LogP contribution in [0.25, 0.3) is 0 Å². The number of nitro benzene ring substituents is 2. The van der Waals surface area contributed by atoms with Crippen LogP contribution >= 0.6 is 0 Å². The number of carbonyl (C=O) groups is 1. The van der Waals surface area contributed by atoms with Crippen LogP contribution in [0, 0.1) is 38.0 Å². The van der Waals surface area contributed by atoms with Crippen LogP contribution < -0.4 is 14.8 Å². The van der Waals surface area contributed by atoms with Gasteiger partial charge in [0.2, 0.25) is 21.7 Å². The van der Waals surface area contributed by atoms with Crippen LogP contribution in [-0.2, 0) is 31.0 Å². The molecule has 0 saturated heterocycles. The molecule has 19 heteroatoms. The van der Waals surface area contributed by atoms with Gasteiger partial charge in [0, 0.05) is 69.0 Å². The summed E-state index contributed by atoms with van der Waals surface area (Å²) in [6, 6.07) is 21.6. The van der Waals surface area contributed by atoms with E-state index in [1.165, 1.54) is 72.9 Å². The van der Waals surface area contributed by atoms with E-state index in [1.54, 1.807) is 36.4 Å². The second-order valence-electron chi connectivity index (χ2n) is 17.1. The van der Waals surface area contributed by atoms with E-state index in [0.29, 0.717) is 78.1 Å². The van der Waals surface area contributed by atoms with Crippen LogP contribution in [0.5, 0.6) is 17.2 Å². The topological polar surface area (TPSA) is 242 Å². The molecule has 1 heterocycles. The number of nitrogens with one attached hydrogen (secondary N) is 1. The molecule has 4 aromatic carbocycles. The first kappa shape index (κ1) is 49.4. The minimum Gasteiger partial charge on any atom is -0.460 e. The summed E-state index contributed by atoms with van der Waals surface area (Å²) < 4.78 is 51.4. The smallest absolute Gasteiger partial charge is 0.273 e. The van der Waals surface area contributed by atoms with E-state index in [2.05, 4.69) is 18.0 Å². The summed E-state index contributed by atoms with van der Waals surface area (Å²) in [5.74, 6) is -2.60. The number of amides is 1. The van der Waals surface area contributed by atoms with Gasteiger partial charge in [-0.1, -0.05) is 36.2 Å². The molecule has 0 spiro atoms. The maximum Gasteiger partial charge on any atom is 0.273 e. The average Bonchev–Trinajstić information content (AvgIpc) is 3.32. The summed E-state index contributed by atoms with van der Waals surface area (Å²) >= 11 is 0. The van der Waals surface area contributed by atoms with Crippen LogP contribution in [0.3, 0.4) is 0 Å². The lowest BCUT2D eigenvalue weighted by molar-refractivity contribution is -0.385. The van der Waals surface area contributed by atoms with Crippen LogP contribution in [0.2, 0.25) is 0 Å². The number of oxime groups is 1. The number of ether oxygens (including phenoxy) is 3. The van der Waals surface area contributed by atoms with Crippen LogP contribution in [0.4, 0.5) is 17.1 Å². The van der Waals surface area contributed by atoms with Gasteiger partial charge in [-0.2, -0.15) is 4.31 Å². The molecule has 4 aromatic rings. The highest BCUT2D eigenvalue weighted by molar-refractivity contribution is 7.89. The van der Waals surface area contributed by atoms with Gasteiger partial charge in [-0.05, 0) is 109 Å². The second-order valence-corrected chi connectivity index (χ2v) is 19.1. The van der Waals surface area contributed by atoms with Gasteiger partial charge >= 0.3 is 0 Å². The second kappa shape index (κ2) is 21.6. The van der Waals surface area contributed by atoms with E-state index >= 15 is 0 Å². The molecule has 6 atom stereocenters. The summed E-state index contributed by atoms with van der Waals surface area (Å²) in [4.78, 5) is 39.8. The summed E-state index contributed by atoms with van der Waals surface area (Å²) in [5, 5.41) is 50.3. The quantitative estimate of drug-likeness (QED) is 0.0290. The van der Waals surface area contributed by atoms with E-state index in [1.807, 2.05) is 6.07 Å². The van der Waals surface area contributed by atoms with Gasteiger partial charge in [-0.15, -0.1) is 6.58 Å². The average molecular weight is 954 g/mol. The Labute approximate surface area is 394 Å². The molecule has 3 aliphatic rings. The number of nitrogens with zero attached hydrogens (tertiary/aromatic N) is 4. The lowest BCUT2D eigenvalue weighted by Gasteiger charge is -2.59. The van der Waals surface area contributed by atoms with Crippen LogP contribution in [0.15, 0.2) is 125 Å². The van der Waals surface area contributed by atoms with Gasteiger partial charge in [-0.3, -0.25) is 25.0 Å². The zero-order valence-electron chi connectivity index (χ0n) is 37.8. The number of rotatable bonds is 22. The minimum atomic E-state index is -4.36. The zero-order valence-corrected chi connectivity index (χ0v) is 38.6. The molecule has 0 unspecified atom stereocenters.